The number of piperazine rings is 1. The number of nitrogens with zero attached hydrogens (tertiary/aromatic N) is 2. The summed E-state index contributed by atoms with van der Waals surface area (Å²) in [6.07, 6.45) is 1.05. The number of methoxy groups -OCH3 is 2. The van der Waals surface area contributed by atoms with Crippen LogP contribution in [0.2, 0.25) is 0 Å². The first-order valence-electron chi connectivity index (χ1n) is 8.10. The Morgan fingerprint density at radius 1 is 1.09 bits per heavy atom. The molecule has 0 spiro atoms. The molecular weight excluding hydrogens is 278 g/mol. The summed E-state index contributed by atoms with van der Waals surface area (Å²) in [7, 11) is 5.60. The van der Waals surface area contributed by atoms with Crippen LogP contribution in [0.5, 0.6) is 11.5 Å². The van der Waals surface area contributed by atoms with Crippen LogP contribution in [0.1, 0.15) is 17.2 Å². The minimum atomic E-state index is 0.381. The summed E-state index contributed by atoms with van der Waals surface area (Å²) in [5.41, 5.74) is 2.75. The lowest BCUT2D eigenvalue weighted by Gasteiger charge is -2.37. The van der Waals surface area contributed by atoms with E-state index in [0.29, 0.717) is 6.04 Å². The van der Waals surface area contributed by atoms with Crippen molar-refractivity contribution in [1.29, 1.82) is 0 Å². The van der Waals surface area contributed by atoms with Crippen LogP contribution in [0.4, 0.5) is 0 Å². The predicted octanol–water partition coefficient (Wildman–Crippen LogP) is 1.14. The molecular formula is C17H27N3O2. The molecule has 1 fully saturated rings. The van der Waals surface area contributed by atoms with Crippen molar-refractivity contribution in [3.05, 3.63) is 23.3 Å². The van der Waals surface area contributed by atoms with E-state index >= 15 is 0 Å². The Morgan fingerprint density at radius 2 is 1.77 bits per heavy atom. The number of hydrogen-bond donors (Lipinski definition) is 1. The van der Waals surface area contributed by atoms with Gasteiger partial charge in [0, 0.05) is 38.8 Å². The molecule has 0 radical (unpaired) electrons. The molecule has 0 aliphatic carbocycles. The lowest BCUT2D eigenvalue weighted by atomic mass is 9.93. The highest BCUT2D eigenvalue weighted by molar-refractivity contribution is 5.49. The van der Waals surface area contributed by atoms with Crippen molar-refractivity contribution in [1.82, 2.24) is 15.1 Å². The van der Waals surface area contributed by atoms with Gasteiger partial charge >= 0.3 is 0 Å². The second-order valence-corrected chi connectivity index (χ2v) is 6.27. The summed E-state index contributed by atoms with van der Waals surface area (Å²) in [5, 5.41) is 3.67. The third-order valence-electron chi connectivity index (χ3n) is 4.84. The predicted molar refractivity (Wildman–Crippen MR) is 87.9 cm³/mol. The third kappa shape index (κ3) is 3.21. The quantitative estimate of drug-likeness (QED) is 0.903. The first kappa shape index (κ1) is 15.6. The van der Waals surface area contributed by atoms with Gasteiger partial charge in [-0.25, -0.2) is 0 Å². The maximum Gasteiger partial charge on any atom is 0.161 e. The van der Waals surface area contributed by atoms with Crippen molar-refractivity contribution >= 4 is 0 Å². The summed E-state index contributed by atoms with van der Waals surface area (Å²) in [5.74, 6) is 1.66. The Bertz CT molecular complexity index is 513. The largest absolute Gasteiger partial charge is 0.493 e. The van der Waals surface area contributed by atoms with Crippen molar-refractivity contribution in [2.75, 3.05) is 60.5 Å². The van der Waals surface area contributed by atoms with Crippen molar-refractivity contribution in [2.45, 2.75) is 12.5 Å². The van der Waals surface area contributed by atoms with Crippen molar-refractivity contribution < 1.29 is 9.47 Å². The monoisotopic (exact) mass is 305 g/mol. The van der Waals surface area contributed by atoms with Gasteiger partial charge in [0.15, 0.2) is 11.5 Å². The average molecular weight is 305 g/mol. The highest BCUT2D eigenvalue weighted by Gasteiger charge is 2.25. The highest BCUT2D eigenvalue weighted by atomic mass is 16.5. The molecule has 0 bridgehead atoms. The fraction of sp³-hybridized carbons (Fsp3) is 0.647. The number of hydrogen-bond acceptors (Lipinski definition) is 5. The smallest absolute Gasteiger partial charge is 0.161 e. The highest BCUT2D eigenvalue weighted by Crippen LogP contribution is 2.35. The van der Waals surface area contributed by atoms with Gasteiger partial charge in [0.1, 0.15) is 0 Å². The van der Waals surface area contributed by atoms with Gasteiger partial charge in [0.2, 0.25) is 0 Å². The lowest BCUT2D eigenvalue weighted by molar-refractivity contribution is 0.141. The Hall–Kier alpha value is -1.30. The molecule has 22 heavy (non-hydrogen) atoms. The zero-order valence-electron chi connectivity index (χ0n) is 13.9. The molecule has 3 rings (SSSR count). The first-order chi connectivity index (χ1) is 10.7. The molecule has 0 saturated carbocycles. The summed E-state index contributed by atoms with van der Waals surface area (Å²) in [4.78, 5) is 4.95. The van der Waals surface area contributed by atoms with Crippen molar-refractivity contribution in [3.8, 4) is 11.5 Å². The molecule has 0 amide bonds. The number of fused-ring (bicyclic) bond motifs is 1. The van der Waals surface area contributed by atoms with Gasteiger partial charge in [-0.2, -0.15) is 0 Å². The Kier molecular flexibility index (Phi) is 4.86. The number of benzene rings is 1. The van der Waals surface area contributed by atoms with E-state index in [-0.39, 0.29) is 0 Å². The minimum Gasteiger partial charge on any atom is -0.493 e. The van der Waals surface area contributed by atoms with Gasteiger partial charge in [0.05, 0.1) is 14.2 Å². The first-order valence-corrected chi connectivity index (χ1v) is 8.10. The van der Waals surface area contributed by atoms with E-state index in [1.165, 1.54) is 11.1 Å². The van der Waals surface area contributed by atoms with E-state index in [2.05, 4.69) is 34.3 Å². The Labute approximate surface area is 133 Å². The summed E-state index contributed by atoms with van der Waals surface area (Å²) in [6.45, 7) is 6.71. The molecule has 2 aliphatic rings. The minimum absolute atomic E-state index is 0.381. The molecule has 1 unspecified atom stereocenters. The molecule has 1 aromatic carbocycles. The Morgan fingerprint density at radius 3 is 2.45 bits per heavy atom. The second-order valence-electron chi connectivity index (χ2n) is 6.27. The summed E-state index contributed by atoms with van der Waals surface area (Å²) < 4.78 is 10.9. The Balaban J connectivity index is 1.78. The fourth-order valence-electron chi connectivity index (χ4n) is 3.42. The van der Waals surface area contributed by atoms with Gasteiger partial charge in [0.25, 0.3) is 0 Å². The normalized spacial score (nSPS) is 23.1. The van der Waals surface area contributed by atoms with Crippen molar-refractivity contribution in [2.24, 2.45) is 0 Å². The van der Waals surface area contributed by atoms with Crippen LogP contribution in [0.3, 0.4) is 0 Å². The zero-order valence-corrected chi connectivity index (χ0v) is 13.9. The van der Waals surface area contributed by atoms with Gasteiger partial charge in [-0.1, -0.05) is 0 Å². The van der Waals surface area contributed by atoms with E-state index in [9.17, 15) is 0 Å². The van der Waals surface area contributed by atoms with Crippen LogP contribution in [-0.2, 0) is 6.42 Å². The molecule has 1 atom stereocenters. The lowest BCUT2D eigenvalue weighted by Crippen LogP contribution is -2.48. The number of rotatable bonds is 4. The molecule has 122 valence electrons. The van der Waals surface area contributed by atoms with Crippen LogP contribution < -0.4 is 14.8 Å². The van der Waals surface area contributed by atoms with Gasteiger partial charge in [-0.3, -0.25) is 4.90 Å². The van der Waals surface area contributed by atoms with E-state index in [1.807, 2.05) is 0 Å². The van der Waals surface area contributed by atoms with Gasteiger partial charge < -0.3 is 19.7 Å². The molecule has 5 heteroatoms. The van der Waals surface area contributed by atoms with E-state index in [4.69, 9.17) is 9.47 Å². The molecule has 2 heterocycles. The SMILES string of the molecule is COc1cc2c(cc1OC)C(CN1CCN(C)CC1)NCC2. The molecule has 1 saturated heterocycles. The van der Waals surface area contributed by atoms with Crippen LogP contribution in [0, 0.1) is 0 Å². The van der Waals surface area contributed by atoms with Crippen molar-refractivity contribution in [3.63, 3.8) is 0 Å². The molecule has 2 aliphatic heterocycles. The fourth-order valence-corrected chi connectivity index (χ4v) is 3.42. The topological polar surface area (TPSA) is 37.0 Å². The van der Waals surface area contributed by atoms with E-state index in [1.54, 1.807) is 14.2 Å². The van der Waals surface area contributed by atoms with E-state index < -0.39 is 0 Å². The zero-order chi connectivity index (χ0) is 15.5. The number of ether oxygens (including phenoxy) is 2. The van der Waals surface area contributed by atoms with Gasteiger partial charge in [-0.05, 0) is 43.3 Å². The van der Waals surface area contributed by atoms with Crippen LogP contribution in [0.15, 0.2) is 12.1 Å². The summed E-state index contributed by atoms with van der Waals surface area (Å²) >= 11 is 0. The van der Waals surface area contributed by atoms with Crippen LogP contribution in [0.25, 0.3) is 0 Å². The standard InChI is InChI=1S/C17H27N3O2/c1-19-6-8-20(9-7-19)12-15-14-11-17(22-3)16(21-2)10-13(14)4-5-18-15/h10-11,15,18H,4-9,12H2,1-3H3. The molecule has 0 aromatic heterocycles. The average Bonchev–Trinajstić information content (AvgIpc) is 2.56. The van der Waals surface area contributed by atoms with Crippen LogP contribution in [-0.4, -0.2) is 70.3 Å². The molecule has 1 N–H and O–H groups in total. The maximum atomic E-state index is 5.48. The third-order valence-corrected chi connectivity index (χ3v) is 4.84. The molecule has 1 aromatic rings. The maximum absolute atomic E-state index is 5.48. The number of likely N-dealkylation sites (N-methyl/N-ethyl adjacent to an activating group) is 1. The van der Waals surface area contributed by atoms with Crippen LogP contribution >= 0.6 is 0 Å². The van der Waals surface area contributed by atoms with E-state index in [0.717, 1.165) is 57.2 Å². The summed E-state index contributed by atoms with van der Waals surface area (Å²) in [6, 6.07) is 4.68. The van der Waals surface area contributed by atoms with Gasteiger partial charge in [-0.15, -0.1) is 0 Å². The number of nitrogens with one attached hydrogen (secondary N) is 1. The molecule has 5 nitrogen and oxygen atoms in total. The second kappa shape index (κ2) is 6.86.